The van der Waals surface area contributed by atoms with Crippen LogP contribution >= 0.6 is 0 Å². The highest BCUT2D eigenvalue weighted by Gasteiger charge is 2.49. The molecule has 254 valence electrons. The Hall–Kier alpha value is -6.23. The number of ether oxygens (including phenoxy) is 4. The fraction of sp³-hybridized carbons (Fsp3) is 0.393. The molecule has 2 atom stereocenters. The van der Waals surface area contributed by atoms with Gasteiger partial charge in [0.25, 0.3) is 22.7 Å². The summed E-state index contributed by atoms with van der Waals surface area (Å²) in [5, 5.41) is 45.0. The average molecular weight is 674 g/mol. The van der Waals surface area contributed by atoms with Crippen molar-refractivity contribution in [2.45, 2.75) is 58.1 Å². The van der Waals surface area contributed by atoms with Crippen molar-refractivity contribution in [2.24, 2.45) is 0 Å². The molecular formula is C28H27N5O15. The molecule has 0 aromatic heterocycles. The van der Waals surface area contributed by atoms with E-state index in [1.807, 2.05) is 0 Å². The van der Waals surface area contributed by atoms with Crippen molar-refractivity contribution in [1.29, 1.82) is 0 Å². The molecule has 1 aliphatic rings. The van der Waals surface area contributed by atoms with E-state index in [0.717, 1.165) is 29.2 Å². The molecular weight excluding hydrogens is 646 g/mol. The van der Waals surface area contributed by atoms with Gasteiger partial charge in [0.05, 0.1) is 49.6 Å². The van der Waals surface area contributed by atoms with Crippen LogP contribution in [0.3, 0.4) is 0 Å². The Kier molecular flexibility index (Phi) is 10.6. The number of carbonyl (C=O) groups excluding carboxylic acids is 3. The van der Waals surface area contributed by atoms with Crippen molar-refractivity contribution >= 4 is 40.8 Å². The summed E-state index contributed by atoms with van der Waals surface area (Å²) in [7, 11) is 0. The maximum absolute atomic E-state index is 13.2. The smallest absolute Gasteiger partial charge is 0.413 e. The summed E-state index contributed by atoms with van der Waals surface area (Å²) in [6.07, 6.45) is -2.52. The normalized spacial score (nSPS) is 15.7. The molecule has 1 aliphatic heterocycles. The molecule has 0 saturated carbocycles. The van der Waals surface area contributed by atoms with Crippen LogP contribution in [0.5, 0.6) is 0 Å². The highest BCUT2D eigenvalue weighted by Crippen LogP contribution is 2.32. The average Bonchev–Trinajstić information content (AvgIpc) is 3.31. The Balaban J connectivity index is 1.98. The summed E-state index contributed by atoms with van der Waals surface area (Å²) in [5.41, 5.74) is -6.51. The molecule has 20 heteroatoms. The molecule has 2 aromatic carbocycles. The van der Waals surface area contributed by atoms with Crippen molar-refractivity contribution in [3.63, 3.8) is 0 Å². The second-order valence-electron chi connectivity index (χ2n) is 11.4. The van der Waals surface area contributed by atoms with Gasteiger partial charge >= 0.3 is 18.0 Å². The summed E-state index contributed by atoms with van der Waals surface area (Å²) in [4.78, 5) is 81.3. The number of esters is 2. The van der Waals surface area contributed by atoms with Gasteiger partial charge in [-0.1, -0.05) is 11.8 Å². The van der Waals surface area contributed by atoms with Crippen molar-refractivity contribution in [3.05, 3.63) is 88.0 Å². The first-order valence-electron chi connectivity index (χ1n) is 13.6. The highest BCUT2D eigenvalue weighted by atomic mass is 16.6. The third kappa shape index (κ3) is 8.94. The first-order chi connectivity index (χ1) is 22.2. The molecule has 1 heterocycles. The van der Waals surface area contributed by atoms with Crippen LogP contribution in [0.1, 0.15) is 55.3 Å². The topological polar surface area (TPSA) is 264 Å². The molecule has 0 spiro atoms. The summed E-state index contributed by atoms with van der Waals surface area (Å²) < 4.78 is 21.7. The molecule has 1 amide bonds. The maximum Gasteiger partial charge on any atom is 0.413 e. The fourth-order valence-electron chi connectivity index (χ4n) is 4.28. The van der Waals surface area contributed by atoms with E-state index in [4.69, 9.17) is 18.9 Å². The Morgan fingerprint density at radius 1 is 0.854 bits per heavy atom. The van der Waals surface area contributed by atoms with E-state index in [0.29, 0.717) is 12.1 Å². The molecule has 3 rings (SSSR count). The third-order valence-electron chi connectivity index (χ3n) is 6.33. The van der Waals surface area contributed by atoms with Gasteiger partial charge in [0.1, 0.15) is 17.4 Å². The van der Waals surface area contributed by atoms with Crippen molar-refractivity contribution in [3.8, 4) is 11.8 Å². The summed E-state index contributed by atoms with van der Waals surface area (Å²) >= 11 is 0. The maximum atomic E-state index is 13.2. The number of rotatable bonds is 9. The summed E-state index contributed by atoms with van der Waals surface area (Å²) in [5.74, 6) is 2.37. The Labute approximate surface area is 270 Å². The minimum absolute atomic E-state index is 0.287. The van der Waals surface area contributed by atoms with Crippen LogP contribution in [0.2, 0.25) is 0 Å². The predicted molar refractivity (Wildman–Crippen MR) is 159 cm³/mol. The fourth-order valence-corrected chi connectivity index (χ4v) is 4.28. The summed E-state index contributed by atoms with van der Waals surface area (Å²) in [6, 6.07) is 3.06. The van der Waals surface area contributed by atoms with Gasteiger partial charge in [-0.05, 0) is 34.6 Å². The zero-order chi connectivity index (χ0) is 36.1. The van der Waals surface area contributed by atoms with E-state index in [1.165, 1.54) is 13.8 Å². The van der Waals surface area contributed by atoms with Crippen LogP contribution in [0, 0.1) is 52.3 Å². The van der Waals surface area contributed by atoms with Crippen LogP contribution in [-0.4, -0.2) is 79.3 Å². The molecule has 0 radical (unpaired) electrons. The van der Waals surface area contributed by atoms with E-state index in [2.05, 4.69) is 11.8 Å². The van der Waals surface area contributed by atoms with Crippen molar-refractivity contribution in [1.82, 2.24) is 4.90 Å². The van der Waals surface area contributed by atoms with Crippen molar-refractivity contribution < 1.29 is 53.0 Å². The molecule has 0 bridgehead atoms. The highest BCUT2D eigenvalue weighted by molar-refractivity contribution is 5.92. The minimum atomic E-state index is -1.62. The number of nitro groups is 4. The van der Waals surface area contributed by atoms with Gasteiger partial charge < -0.3 is 18.9 Å². The molecule has 20 nitrogen and oxygen atoms in total. The number of benzene rings is 2. The monoisotopic (exact) mass is 673 g/mol. The van der Waals surface area contributed by atoms with Gasteiger partial charge in [0, 0.05) is 24.3 Å². The van der Waals surface area contributed by atoms with Crippen molar-refractivity contribution in [2.75, 3.05) is 13.2 Å². The van der Waals surface area contributed by atoms with Crippen LogP contribution in [0.25, 0.3) is 0 Å². The first-order valence-corrected chi connectivity index (χ1v) is 13.6. The van der Waals surface area contributed by atoms with Gasteiger partial charge in [-0.15, -0.1) is 0 Å². The lowest BCUT2D eigenvalue weighted by Crippen LogP contribution is -2.53. The van der Waals surface area contributed by atoms with Crippen LogP contribution < -0.4 is 0 Å². The zero-order valence-corrected chi connectivity index (χ0v) is 25.9. The molecule has 0 N–H and O–H groups in total. The predicted octanol–water partition coefficient (Wildman–Crippen LogP) is 4.08. The zero-order valence-electron chi connectivity index (χ0n) is 25.9. The number of nitrogens with zero attached hydrogens (tertiary/aromatic N) is 5. The number of non-ortho nitro benzene ring substituents is 4. The molecule has 48 heavy (non-hydrogen) atoms. The van der Waals surface area contributed by atoms with E-state index in [9.17, 15) is 54.8 Å². The minimum Gasteiger partial charge on any atom is -0.449 e. The van der Waals surface area contributed by atoms with Crippen LogP contribution in [0.15, 0.2) is 36.4 Å². The van der Waals surface area contributed by atoms with Gasteiger partial charge in [-0.2, -0.15) is 0 Å². The quantitative estimate of drug-likeness (QED) is 0.119. The lowest BCUT2D eigenvalue weighted by atomic mass is 10.1. The number of hydrogen-bond donors (Lipinski definition) is 0. The Morgan fingerprint density at radius 2 is 1.29 bits per heavy atom. The Bertz CT molecular complexity index is 1690. The standard InChI is InChI=1S/C28H27N5O15/c1-27(2,3)48-26(36)29-22(15-46-28(29,4)5)23(47-25(35)17-11-20(32(41)42)14-21(12-17)33(43)44)7-6-8-45-24(34)16-9-18(30(37)38)13-19(10-16)31(39)40/h9-14,22-23H,8,15H2,1-5H3/t22-,23+/m0/s1. The number of hydrogen-bond acceptors (Lipinski definition) is 15. The number of amides is 1. The number of carbonyl (C=O) groups is 3. The third-order valence-corrected chi connectivity index (χ3v) is 6.33. The van der Waals surface area contributed by atoms with E-state index in [-0.39, 0.29) is 6.61 Å². The van der Waals surface area contributed by atoms with Gasteiger partial charge in [-0.3, -0.25) is 45.4 Å². The molecule has 2 aromatic rings. The SMILES string of the molecule is CC(C)(C)OC(=O)N1[C@H]([C@@H](C#CCOC(=O)c2cc([N+](=O)[O-])cc([N+](=O)[O-])c2)OC(=O)c2cc([N+](=O)[O-])cc([N+](=O)[O-])c2)COC1(C)C. The van der Waals surface area contributed by atoms with Crippen LogP contribution in [0.4, 0.5) is 27.5 Å². The molecule has 1 saturated heterocycles. The Morgan fingerprint density at radius 3 is 1.71 bits per heavy atom. The molecule has 0 aliphatic carbocycles. The van der Waals surface area contributed by atoms with Crippen LogP contribution in [-0.2, 0) is 18.9 Å². The second kappa shape index (κ2) is 14.0. The van der Waals surface area contributed by atoms with Gasteiger partial charge in [0.2, 0.25) is 0 Å². The first kappa shape index (κ1) is 36.2. The summed E-state index contributed by atoms with van der Waals surface area (Å²) in [6.45, 7) is 6.77. The molecule has 1 fully saturated rings. The van der Waals surface area contributed by atoms with Gasteiger partial charge in [-0.25, -0.2) is 14.4 Å². The van der Waals surface area contributed by atoms with E-state index >= 15 is 0 Å². The van der Waals surface area contributed by atoms with E-state index in [1.54, 1.807) is 20.8 Å². The molecule has 0 unspecified atom stereocenters. The van der Waals surface area contributed by atoms with Gasteiger partial charge in [0.15, 0.2) is 12.7 Å². The number of nitro benzene ring substituents is 4. The lowest BCUT2D eigenvalue weighted by Gasteiger charge is -2.36. The second-order valence-corrected chi connectivity index (χ2v) is 11.4. The largest absolute Gasteiger partial charge is 0.449 e. The lowest BCUT2D eigenvalue weighted by molar-refractivity contribution is -0.394. The van der Waals surface area contributed by atoms with E-state index < -0.39 is 102 Å².